The van der Waals surface area contributed by atoms with Crippen LogP contribution in [0.4, 0.5) is 0 Å². The van der Waals surface area contributed by atoms with Gasteiger partial charge in [-0.05, 0) is 86.5 Å². The maximum atomic E-state index is 10.2. The van der Waals surface area contributed by atoms with Crippen LogP contribution in [0.5, 0.6) is 5.75 Å². The van der Waals surface area contributed by atoms with Crippen molar-refractivity contribution in [3.63, 3.8) is 0 Å². The summed E-state index contributed by atoms with van der Waals surface area (Å²) in [6.07, 6.45) is 1.58. The zero-order valence-corrected chi connectivity index (χ0v) is 19.9. The molecule has 4 atom stereocenters. The first-order valence-corrected chi connectivity index (χ1v) is 12.2. The fourth-order valence-electron chi connectivity index (χ4n) is 6.11. The van der Waals surface area contributed by atoms with Gasteiger partial charge in [0.25, 0.3) is 0 Å². The second kappa shape index (κ2) is 10.5. The molecule has 184 valence electrons. The summed E-state index contributed by atoms with van der Waals surface area (Å²) >= 11 is 6.40. The molecule has 8 heteroatoms. The van der Waals surface area contributed by atoms with E-state index in [-0.39, 0.29) is 0 Å². The van der Waals surface area contributed by atoms with Crippen LogP contribution in [0.3, 0.4) is 0 Å². The first-order valence-electron chi connectivity index (χ1n) is 11.8. The number of halogens is 1. The van der Waals surface area contributed by atoms with E-state index < -0.39 is 37.8 Å². The molecule has 0 aromatic heterocycles. The van der Waals surface area contributed by atoms with E-state index in [2.05, 4.69) is 0 Å². The van der Waals surface area contributed by atoms with Gasteiger partial charge in [0.1, 0.15) is 29.8 Å². The molecule has 0 saturated heterocycles. The van der Waals surface area contributed by atoms with Gasteiger partial charge in [-0.25, -0.2) is 0 Å². The third-order valence-corrected chi connectivity index (χ3v) is 7.73. The number of allylic oxidation sites excluding steroid dienone is 1. The highest BCUT2D eigenvalue weighted by atomic mass is 35.5. The largest absolute Gasteiger partial charge is 0.496 e. The summed E-state index contributed by atoms with van der Waals surface area (Å²) in [5.74, 6) is 4.00. The Morgan fingerprint density at radius 2 is 1.67 bits per heavy atom. The molecule has 5 rings (SSSR count). The molecule has 4 bridgehead atoms. The van der Waals surface area contributed by atoms with Crippen molar-refractivity contribution >= 4 is 17.4 Å². The normalized spacial score (nSPS) is 29.5. The van der Waals surface area contributed by atoms with Crippen LogP contribution in [0.2, 0.25) is 5.02 Å². The fraction of sp³-hybridized carbons (Fsp3) is 0.680. The van der Waals surface area contributed by atoms with E-state index in [1.54, 1.807) is 19.2 Å². The highest BCUT2D eigenvalue weighted by Gasteiger charge is 2.46. The lowest BCUT2D eigenvalue weighted by molar-refractivity contribution is -0.201. The Labute approximate surface area is 199 Å². The number of aliphatic hydroxyl groups is 4. The molecule has 0 aliphatic heterocycles. The highest BCUT2D eigenvalue weighted by Crippen LogP contribution is 2.58. The molecule has 4 fully saturated rings. The third-order valence-electron chi connectivity index (χ3n) is 7.42. The van der Waals surface area contributed by atoms with Gasteiger partial charge in [-0.1, -0.05) is 11.6 Å². The summed E-state index contributed by atoms with van der Waals surface area (Å²) in [4.78, 5) is 0. The van der Waals surface area contributed by atoms with Gasteiger partial charge in [0.2, 0.25) is 6.29 Å². The van der Waals surface area contributed by atoms with Crippen LogP contribution in [0, 0.1) is 23.7 Å². The minimum Gasteiger partial charge on any atom is -0.496 e. The molecule has 0 spiro atoms. The predicted octanol–water partition coefficient (Wildman–Crippen LogP) is 2.97. The standard InChI is InChI=1S/C25H35ClO7/c1-13(29)25(33-22(12-28)20(30)11-27)32-21-10-16(3-4-19(21)26)24(31-2)23-17-6-14-5-15(8-17)9-18(23)7-14/h3-4,10,13-15,17-18,20,22,25,27-30H,5-9,11-12H2,1-2H3. The average molecular weight is 483 g/mol. The van der Waals surface area contributed by atoms with E-state index in [0.29, 0.717) is 22.6 Å². The lowest BCUT2D eigenvalue weighted by Gasteiger charge is -2.51. The molecular weight excluding hydrogens is 448 g/mol. The SMILES string of the molecule is COC(=C1C2CC3CC(C2)CC1C3)c1ccc(Cl)c(OC(OC(CO)C(O)CO)C(C)O)c1. The van der Waals surface area contributed by atoms with E-state index >= 15 is 0 Å². The lowest BCUT2D eigenvalue weighted by atomic mass is 9.54. The van der Waals surface area contributed by atoms with E-state index in [1.807, 2.05) is 6.07 Å². The van der Waals surface area contributed by atoms with Crippen LogP contribution in [-0.4, -0.2) is 65.4 Å². The summed E-state index contributed by atoms with van der Waals surface area (Å²) < 4.78 is 17.4. The number of benzene rings is 1. The quantitative estimate of drug-likeness (QED) is 0.300. The van der Waals surface area contributed by atoms with E-state index in [9.17, 15) is 20.4 Å². The molecule has 1 aromatic rings. The van der Waals surface area contributed by atoms with Crippen LogP contribution in [0.25, 0.3) is 5.76 Å². The topological polar surface area (TPSA) is 109 Å². The monoisotopic (exact) mass is 482 g/mol. The number of hydrogen-bond acceptors (Lipinski definition) is 7. The van der Waals surface area contributed by atoms with Crippen LogP contribution in [0.15, 0.2) is 23.8 Å². The summed E-state index contributed by atoms with van der Waals surface area (Å²) in [6, 6.07) is 5.43. The van der Waals surface area contributed by atoms with Gasteiger partial charge in [0.15, 0.2) is 0 Å². The van der Waals surface area contributed by atoms with Gasteiger partial charge < -0.3 is 34.6 Å². The van der Waals surface area contributed by atoms with E-state index in [4.69, 9.17) is 25.8 Å². The molecule has 0 heterocycles. The van der Waals surface area contributed by atoms with Crippen molar-refractivity contribution in [2.24, 2.45) is 23.7 Å². The maximum Gasteiger partial charge on any atom is 0.226 e. The van der Waals surface area contributed by atoms with Gasteiger partial charge in [0, 0.05) is 5.56 Å². The van der Waals surface area contributed by atoms with Crippen LogP contribution in [0.1, 0.15) is 44.6 Å². The Morgan fingerprint density at radius 3 is 2.18 bits per heavy atom. The molecule has 1 aromatic carbocycles. The lowest BCUT2D eigenvalue weighted by Crippen LogP contribution is -2.43. The minimum atomic E-state index is -1.32. The maximum absolute atomic E-state index is 10.2. The van der Waals surface area contributed by atoms with Crippen LogP contribution >= 0.6 is 11.6 Å². The van der Waals surface area contributed by atoms with Crippen molar-refractivity contribution in [3.05, 3.63) is 34.4 Å². The Kier molecular flexibility index (Phi) is 7.88. The van der Waals surface area contributed by atoms with Gasteiger partial charge in [0.05, 0.1) is 25.3 Å². The zero-order valence-electron chi connectivity index (χ0n) is 19.2. The van der Waals surface area contributed by atoms with Crippen molar-refractivity contribution in [1.82, 2.24) is 0 Å². The highest BCUT2D eigenvalue weighted by molar-refractivity contribution is 6.32. The van der Waals surface area contributed by atoms with Crippen LogP contribution in [-0.2, 0) is 9.47 Å². The number of hydrogen-bond donors (Lipinski definition) is 4. The summed E-state index contributed by atoms with van der Waals surface area (Å²) in [6.45, 7) is 0.328. The molecule has 7 nitrogen and oxygen atoms in total. The average Bonchev–Trinajstić information content (AvgIpc) is 2.79. The van der Waals surface area contributed by atoms with Crippen LogP contribution < -0.4 is 4.74 Å². The van der Waals surface area contributed by atoms with Gasteiger partial charge in [-0.3, -0.25) is 0 Å². The van der Waals surface area contributed by atoms with Crippen molar-refractivity contribution < 1.29 is 34.6 Å². The fourth-order valence-corrected chi connectivity index (χ4v) is 6.27. The molecule has 4 N–H and O–H groups in total. The molecule has 4 saturated carbocycles. The second-order valence-electron chi connectivity index (χ2n) is 9.77. The molecule has 0 radical (unpaired) electrons. The van der Waals surface area contributed by atoms with Gasteiger partial charge >= 0.3 is 0 Å². The molecule has 4 aliphatic rings. The number of aliphatic hydroxyl groups excluding tert-OH is 4. The number of ether oxygens (including phenoxy) is 3. The third kappa shape index (κ3) is 5.19. The zero-order chi connectivity index (χ0) is 23.7. The number of rotatable bonds is 10. The van der Waals surface area contributed by atoms with E-state index in [0.717, 1.165) is 23.2 Å². The smallest absolute Gasteiger partial charge is 0.226 e. The van der Waals surface area contributed by atoms with Gasteiger partial charge in [-0.15, -0.1) is 0 Å². The molecular formula is C25H35ClO7. The Morgan fingerprint density at radius 1 is 1.03 bits per heavy atom. The van der Waals surface area contributed by atoms with Crippen molar-refractivity contribution in [2.45, 2.75) is 63.6 Å². The Hall–Kier alpha value is -1.35. The Balaban J connectivity index is 1.60. The summed E-state index contributed by atoms with van der Waals surface area (Å²) in [5.41, 5.74) is 2.27. The van der Waals surface area contributed by atoms with Crippen molar-refractivity contribution in [3.8, 4) is 5.75 Å². The van der Waals surface area contributed by atoms with E-state index in [1.165, 1.54) is 44.6 Å². The van der Waals surface area contributed by atoms with Crippen molar-refractivity contribution in [2.75, 3.05) is 20.3 Å². The molecule has 4 aliphatic carbocycles. The summed E-state index contributed by atoms with van der Waals surface area (Å²) in [5, 5.41) is 39.0. The molecule has 33 heavy (non-hydrogen) atoms. The molecule has 4 unspecified atom stereocenters. The summed E-state index contributed by atoms with van der Waals surface area (Å²) in [7, 11) is 1.70. The van der Waals surface area contributed by atoms with Gasteiger partial charge in [-0.2, -0.15) is 0 Å². The first-order chi connectivity index (χ1) is 15.8. The molecule has 0 amide bonds. The first kappa shape index (κ1) is 24.8. The minimum absolute atomic E-state index is 0.300. The predicted molar refractivity (Wildman–Crippen MR) is 124 cm³/mol. The second-order valence-corrected chi connectivity index (χ2v) is 10.2. The number of methoxy groups -OCH3 is 1. The van der Waals surface area contributed by atoms with Crippen molar-refractivity contribution in [1.29, 1.82) is 0 Å². The Bertz CT molecular complexity index is 825.